The first-order valence-electron chi connectivity index (χ1n) is 5.93. The first kappa shape index (κ1) is 14.1. The molecule has 1 rings (SSSR count). The molecule has 0 saturated heterocycles. The zero-order valence-corrected chi connectivity index (χ0v) is 11.1. The zero-order chi connectivity index (χ0) is 13.7. The van der Waals surface area contributed by atoms with E-state index in [1.807, 2.05) is 20.8 Å². The highest BCUT2D eigenvalue weighted by atomic mass is 16.6. The van der Waals surface area contributed by atoms with E-state index in [0.717, 1.165) is 6.42 Å². The Morgan fingerprint density at radius 1 is 1.44 bits per heavy atom. The lowest BCUT2D eigenvalue weighted by molar-refractivity contribution is -0.387. The molecule has 1 heterocycles. The zero-order valence-electron chi connectivity index (χ0n) is 11.1. The van der Waals surface area contributed by atoms with Gasteiger partial charge in [0.2, 0.25) is 5.95 Å². The Bertz CT molecular complexity index is 437. The summed E-state index contributed by atoms with van der Waals surface area (Å²) in [5.41, 5.74) is 0.126. The van der Waals surface area contributed by atoms with Crippen LogP contribution < -0.4 is 10.1 Å². The average Bonchev–Trinajstić information content (AvgIpc) is 2.28. The summed E-state index contributed by atoms with van der Waals surface area (Å²) in [5, 5.41) is 13.9. The molecule has 1 aromatic heterocycles. The SMILES string of the molecule is CCNc1nc(C)c([N+](=O)[O-])c(OC(C)CC)n1. The fraction of sp³-hybridized carbons (Fsp3) is 0.636. The van der Waals surface area contributed by atoms with Gasteiger partial charge >= 0.3 is 5.69 Å². The van der Waals surface area contributed by atoms with Gasteiger partial charge in [-0.2, -0.15) is 4.98 Å². The van der Waals surface area contributed by atoms with Crippen LogP contribution in [0.25, 0.3) is 0 Å². The normalized spacial score (nSPS) is 12.0. The number of aryl methyl sites for hydroxylation is 1. The highest BCUT2D eigenvalue weighted by Crippen LogP contribution is 2.29. The van der Waals surface area contributed by atoms with Crippen LogP contribution in [-0.2, 0) is 0 Å². The number of nitro groups is 1. The third-order valence-corrected chi connectivity index (χ3v) is 2.43. The van der Waals surface area contributed by atoms with Gasteiger partial charge in [0.15, 0.2) is 0 Å². The summed E-state index contributed by atoms with van der Waals surface area (Å²) in [4.78, 5) is 18.6. The maximum absolute atomic E-state index is 11.0. The smallest absolute Gasteiger partial charge is 0.352 e. The second kappa shape index (κ2) is 6.13. The summed E-state index contributed by atoms with van der Waals surface area (Å²) in [6.07, 6.45) is 0.615. The van der Waals surface area contributed by atoms with Crippen LogP contribution in [0.15, 0.2) is 0 Å². The molecule has 0 amide bonds. The lowest BCUT2D eigenvalue weighted by Crippen LogP contribution is -2.14. The molecule has 0 bridgehead atoms. The Balaban J connectivity index is 3.19. The molecule has 100 valence electrons. The predicted molar refractivity (Wildman–Crippen MR) is 68.0 cm³/mol. The highest BCUT2D eigenvalue weighted by molar-refractivity contribution is 5.48. The van der Waals surface area contributed by atoms with Gasteiger partial charge < -0.3 is 10.1 Å². The molecule has 1 N–H and O–H groups in total. The van der Waals surface area contributed by atoms with Gasteiger partial charge in [-0.05, 0) is 27.2 Å². The van der Waals surface area contributed by atoms with Crippen molar-refractivity contribution < 1.29 is 9.66 Å². The van der Waals surface area contributed by atoms with Crippen LogP contribution in [0, 0.1) is 17.0 Å². The van der Waals surface area contributed by atoms with Gasteiger partial charge in [0.05, 0.1) is 11.0 Å². The van der Waals surface area contributed by atoms with Gasteiger partial charge in [0.25, 0.3) is 5.88 Å². The van der Waals surface area contributed by atoms with E-state index in [9.17, 15) is 10.1 Å². The summed E-state index contributed by atoms with van der Waals surface area (Å²) in [6.45, 7) is 7.89. The average molecular weight is 254 g/mol. The summed E-state index contributed by atoms with van der Waals surface area (Å²) in [6, 6.07) is 0. The second-order valence-corrected chi connectivity index (χ2v) is 3.91. The van der Waals surface area contributed by atoms with Gasteiger partial charge in [-0.15, -0.1) is 0 Å². The maximum Gasteiger partial charge on any atom is 0.352 e. The molecule has 7 heteroatoms. The molecular formula is C11H18N4O3. The van der Waals surface area contributed by atoms with Crippen molar-refractivity contribution in [2.75, 3.05) is 11.9 Å². The number of nitrogens with zero attached hydrogens (tertiary/aromatic N) is 3. The van der Waals surface area contributed by atoms with E-state index in [0.29, 0.717) is 18.2 Å². The van der Waals surface area contributed by atoms with E-state index in [1.54, 1.807) is 6.92 Å². The molecule has 1 atom stereocenters. The van der Waals surface area contributed by atoms with Crippen molar-refractivity contribution >= 4 is 11.6 Å². The summed E-state index contributed by atoms with van der Waals surface area (Å²) in [7, 11) is 0. The van der Waals surface area contributed by atoms with Crippen molar-refractivity contribution in [3.05, 3.63) is 15.8 Å². The Labute approximate surface area is 106 Å². The summed E-state index contributed by atoms with van der Waals surface area (Å²) < 4.78 is 5.49. The lowest BCUT2D eigenvalue weighted by atomic mass is 10.3. The molecule has 0 spiro atoms. The van der Waals surface area contributed by atoms with E-state index in [1.165, 1.54) is 0 Å². The molecule has 0 aromatic carbocycles. The Morgan fingerprint density at radius 3 is 2.61 bits per heavy atom. The molecule has 0 aliphatic heterocycles. The molecule has 0 radical (unpaired) electrons. The van der Waals surface area contributed by atoms with Crippen LogP contribution in [0.4, 0.5) is 11.6 Å². The van der Waals surface area contributed by atoms with Crippen molar-refractivity contribution in [3.63, 3.8) is 0 Å². The number of nitrogens with one attached hydrogen (secondary N) is 1. The van der Waals surface area contributed by atoms with E-state index >= 15 is 0 Å². The quantitative estimate of drug-likeness (QED) is 0.618. The summed E-state index contributed by atoms with van der Waals surface area (Å²) in [5.74, 6) is 0.372. The second-order valence-electron chi connectivity index (χ2n) is 3.91. The van der Waals surface area contributed by atoms with Gasteiger partial charge in [0, 0.05) is 6.54 Å². The number of anilines is 1. The van der Waals surface area contributed by atoms with Crippen LogP contribution in [-0.4, -0.2) is 27.5 Å². The topological polar surface area (TPSA) is 90.2 Å². The monoisotopic (exact) mass is 254 g/mol. The molecule has 1 aromatic rings. The first-order valence-corrected chi connectivity index (χ1v) is 5.93. The molecule has 1 unspecified atom stereocenters. The number of rotatable bonds is 6. The van der Waals surface area contributed by atoms with Crippen LogP contribution in [0.5, 0.6) is 5.88 Å². The van der Waals surface area contributed by atoms with Crippen molar-refractivity contribution in [3.8, 4) is 5.88 Å². The van der Waals surface area contributed by atoms with Gasteiger partial charge in [0.1, 0.15) is 5.69 Å². The molecule has 18 heavy (non-hydrogen) atoms. The molecule has 7 nitrogen and oxygen atoms in total. The van der Waals surface area contributed by atoms with Crippen LogP contribution in [0.1, 0.15) is 32.9 Å². The third-order valence-electron chi connectivity index (χ3n) is 2.43. The van der Waals surface area contributed by atoms with Gasteiger partial charge in [-0.25, -0.2) is 4.98 Å². The number of aromatic nitrogens is 2. The van der Waals surface area contributed by atoms with Crippen LogP contribution in [0.3, 0.4) is 0 Å². The first-order chi connectivity index (χ1) is 8.49. The fourth-order valence-corrected chi connectivity index (χ4v) is 1.34. The minimum atomic E-state index is -0.511. The molecule has 0 fully saturated rings. The van der Waals surface area contributed by atoms with Crippen molar-refractivity contribution in [1.29, 1.82) is 0 Å². The minimum absolute atomic E-state index is 0.0257. The maximum atomic E-state index is 11.0. The fourth-order valence-electron chi connectivity index (χ4n) is 1.34. The van der Waals surface area contributed by atoms with Crippen LogP contribution in [0.2, 0.25) is 0 Å². The Morgan fingerprint density at radius 2 is 2.11 bits per heavy atom. The number of hydrogen-bond donors (Lipinski definition) is 1. The van der Waals surface area contributed by atoms with E-state index < -0.39 is 4.92 Å². The van der Waals surface area contributed by atoms with Crippen LogP contribution >= 0.6 is 0 Å². The Kier molecular flexibility index (Phi) is 4.82. The van der Waals surface area contributed by atoms with E-state index in [4.69, 9.17) is 4.74 Å². The van der Waals surface area contributed by atoms with Crippen molar-refractivity contribution in [2.45, 2.75) is 40.2 Å². The minimum Gasteiger partial charge on any atom is -0.470 e. The Hall–Kier alpha value is -1.92. The molecule has 0 aliphatic carbocycles. The standard InChI is InChI=1S/C11H18N4O3/c1-5-7(3)18-10-9(15(16)17)8(4)13-11(14-10)12-6-2/h7H,5-6H2,1-4H3,(H,12,13,14). The highest BCUT2D eigenvalue weighted by Gasteiger charge is 2.24. The number of hydrogen-bond acceptors (Lipinski definition) is 6. The predicted octanol–water partition coefficient (Wildman–Crippen LogP) is 2.30. The van der Waals surface area contributed by atoms with Gasteiger partial charge in [-0.3, -0.25) is 10.1 Å². The van der Waals surface area contributed by atoms with Crippen molar-refractivity contribution in [1.82, 2.24) is 9.97 Å². The van der Waals surface area contributed by atoms with Crippen molar-refractivity contribution in [2.24, 2.45) is 0 Å². The number of ether oxygens (including phenoxy) is 1. The molecule has 0 saturated carbocycles. The lowest BCUT2D eigenvalue weighted by Gasteiger charge is -2.13. The largest absolute Gasteiger partial charge is 0.470 e. The summed E-state index contributed by atoms with van der Waals surface area (Å²) >= 11 is 0. The third kappa shape index (κ3) is 3.28. The van der Waals surface area contributed by atoms with Gasteiger partial charge in [-0.1, -0.05) is 6.92 Å². The molecular weight excluding hydrogens is 236 g/mol. The van der Waals surface area contributed by atoms with E-state index in [2.05, 4.69) is 15.3 Å². The van der Waals surface area contributed by atoms with E-state index in [-0.39, 0.29) is 17.7 Å². The molecule has 0 aliphatic rings.